The van der Waals surface area contributed by atoms with Crippen LogP contribution in [0.2, 0.25) is 0 Å². The molecule has 2 atom stereocenters. The Hall–Kier alpha value is -3.01. The van der Waals surface area contributed by atoms with Gasteiger partial charge in [0.15, 0.2) is 0 Å². The van der Waals surface area contributed by atoms with Crippen molar-refractivity contribution < 1.29 is 28.7 Å². The Kier molecular flexibility index (Phi) is 8.08. The molecule has 0 bridgehead atoms. The van der Waals surface area contributed by atoms with Gasteiger partial charge in [0.25, 0.3) is 0 Å². The lowest BCUT2D eigenvalue weighted by atomic mass is 10.1. The van der Waals surface area contributed by atoms with Crippen molar-refractivity contribution in [1.29, 1.82) is 0 Å². The van der Waals surface area contributed by atoms with Crippen molar-refractivity contribution in [3.63, 3.8) is 0 Å². The van der Waals surface area contributed by atoms with Crippen LogP contribution in [0.1, 0.15) is 12.5 Å². The molecule has 10 heteroatoms. The molecular formula is C19H26N4O6. The lowest BCUT2D eigenvalue weighted by Gasteiger charge is -2.40. The standard InChI is InChI=1S/C19H26N4O6/c1-13(24)22-7-8-23(17(25)12-28-2)16(11-22)18(26)21-15(19(27)29-3)9-14-5-4-6-20-10-14/h4-6,10,15-16H,7-9,11-12H2,1-3H3,(H,21,26)/t15-,16-/m1/s1. The van der Waals surface area contributed by atoms with Crippen LogP contribution in [0.3, 0.4) is 0 Å². The highest BCUT2D eigenvalue weighted by Crippen LogP contribution is 2.13. The zero-order valence-electron chi connectivity index (χ0n) is 16.8. The molecular weight excluding hydrogens is 380 g/mol. The van der Waals surface area contributed by atoms with Crippen molar-refractivity contribution >= 4 is 23.7 Å². The van der Waals surface area contributed by atoms with E-state index in [9.17, 15) is 19.2 Å². The number of ether oxygens (including phenoxy) is 2. The topological polar surface area (TPSA) is 118 Å². The normalized spacial score (nSPS) is 17.4. The Bertz CT molecular complexity index is 741. The summed E-state index contributed by atoms with van der Waals surface area (Å²) in [6, 6.07) is 1.62. The van der Waals surface area contributed by atoms with Crippen molar-refractivity contribution in [3.8, 4) is 0 Å². The monoisotopic (exact) mass is 406 g/mol. The predicted octanol–water partition coefficient (Wildman–Crippen LogP) is -1.01. The summed E-state index contributed by atoms with van der Waals surface area (Å²) in [5.74, 6) is -1.71. The van der Waals surface area contributed by atoms with Crippen LogP contribution in [0.15, 0.2) is 24.5 Å². The van der Waals surface area contributed by atoms with Crippen LogP contribution in [0.5, 0.6) is 0 Å². The van der Waals surface area contributed by atoms with Gasteiger partial charge in [0.05, 0.1) is 13.7 Å². The molecule has 0 aromatic carbocycles. The Morgan fingerprint density at radius 3 is 2.62 bits per heavy atom. The molecule has 1 aromatic rings. The average Bonchev–Trinajstić information content (AvgIpc) is 2.73. The van der Waals surface area contributed by atoms with Crippen molar-refractivity contribution in [2.45, 2.75) is 25.4 Å². The minimum Gasteiger partial charge on any atom is -0.467 e. The van der Waals surface area contributed by atoms with E-state index < -0.39 is 24.0 Å². The summed E-state index contributed by atoms with van der Waals surface area (Å²) >= 11 is 0. The van der Waals surface area contributed by atoms with Gasteiger partial charge in [-0.3, -0.25) is 19.4 Å². The van der Waals surface area contributed by atoms with Crippen molar-refractivity contribution in [3.05, 3.63) is 30.1 Å². The quantitative estimate of drug-likeness (QED) is 0.576. The van der Waals surface area contributed by atoms with E-state index in [1.54, 1.807) is 24.5 Å². The second-order valence-corrected chi connectivity index (χ2v) is 6.65. The van der Waals surface area contributed by atoms with E-state index in [1.165, 1.54) is 30.9 Å². The third-order valence-corrected chi connectivity index (χ3v) is 4.68. The molecule has 0 saturated carbocycles. The van der Waals surface area contributed by atoms with E-state index >= 15 is 0 Å². The van der Waals surface area contributed by atoms with Crippen molar-refractivity contribution in [2.75, 3.05) is 40.5 Å². The van der Waals surface area contributed by atoms with E-state index in [-0.39, 0.29) is 37.9 Å². The summed E-state index contributed by atoms with van der Waals surface area (Å²) in [5.41, 5.74) is 0.740. The fraction of sp³-hybridized carbons (Fsp3) is 0.526. The largest absolute Gasteiger partial charge is 0.467 e. The number of carbonyl (C=O) groups is 4. The molecule has 1 aliphatic rings. The zero-order valence-corrected chi connectivity index (χ0v) is 16.8. The van der Waals surface area contributed by atoms with E-state index in [4.69, 9.17) is 9.47 Å². The molecule has 10 nitrogen and oxygen atoms in total. The van der Waals surface area contributed by atoms with Gasteiger partial charge < -0.3 is 24.6 Å². The maximum atomic E-state index is 13.0. The minimum atomic E-state index is -0.955. The first-order chi connectivity index (χ1) is 13.9. The summed E-state index contributed by atoms with van der Waals surface area (Å²) in [7, 11) is 2.62. The minimum absolute atomic E-state index is 0.0391. The molecule has 1 N–H and O–H groups in total. The van der Waals surface area contributed by atoms with E-state index in [0.717, 1.165) is 5.56 Å². The number of methoxy groups -OCH3 is 2. The smallest absolute Gasteiger partial charge is 0.328 e. The number of carbonyl (C=O) groups excluding carboxylic acids is 4. The SMILES string of the molecule is COCC(=O)N1CCN(C(C)=O)C[C@@H]1C(=O)N[C@H](Cc1cccnc1)C(=O)OC. The number of nitrogens with zero attached hydrogens (tertiary/aromatic N) is 3. The number of piperazine rings is 1. The van der Waals surface area contributed by atoms with Gasteiger partial charge in [-0.05, 0) is 11.6 Å². The molecule has 0 unspecified atom stereocenters. The number of hydrogen-bond acceptors (Lipinski definition) is 7. The number of aromatic nitrogens is 1. The molecule has 1 fully saturated rings. The van der Waals surface area contributed by atoms with Crippen LogP contribution in [-0.2, 0) is 35.1 Å². The highest BCUT2D eigenvalue weighted by Gasteiger charge is 2.37. The van der Waals surface area contributed by atoms with Gasteiger partial charge in [0.2, 0.25) is 17.7 Å². The van der Waals surface area contributed by atoms with E-state index in [2.05, 4.69) is 10.3 Å². The van der Waals surface area contributed by atoms with Gasteiger partial charge in [-0.2, -0.15) is 0 Å². The summed E-state index contributed by atoms with van der Waals surface area (Å²) < 4.78 is 9.70. The lowest BCUT2D eigenvalue weighted by molar-refractivity contribution is -0.152. The molecule has 158 valence electrons. The first-order valence-electron chi connectivity index (χ1n) is 9.18. The number of pyridine rings is 1. The summed E-state index contributed by atoms with van der Waals surface area (Å²) in [6.07, 6.45) is 3.38. The van der Waals surface area contributed by atoms with Crippen molar-refractivity contribution in [2.24, 2.45) is 0 Å². The van der Waals surface area contributed by atoms with Crippen LogP contribution in [-0.4, -0.2) is 91.0 Å². The molecule has 3 amide bonds. The number of hydrogen-bond donors (Lipinski definition) is 1. The molecule has 2 rings (SSSR count). The first kappa shape index (κ1) is 22.3. The highest BCUT2D eigenvalue weighted by molar-refractivity contribution is 5.92. The third-order valence-electron chi connectivity index (χ3n) is 4.68. The molecule has 29 heavy (non-hydrogen) atoms. The van der Waals surface area contributed by atoms with E-state index in [0.29, 0.717) is 6.54 Å². The van der Waals surface area contributed by atoms with E-state index in [1.807, 2.05) is 0 Å². The van der Waals surface area contributed by atoms with Gasteiger partial charge in [-0.15, -0.1) is 0 Å². The van der Waals surface area contributed by atoms with Crippen LogP contribution in [0.25, 0.3) is 0 Å². The number of nitrogens with one attached hydrogen (secondary N) is 1. The lowest BCUT2D eigenvalue weighted by Crippen LogP contribution is -2.63. The fourth-order valence-electron chi connectivity index (χ4n) is 3.16. The third kappa shape index (κ3) is 5.98. The second kappa shape index (κ2) is 10.5. The zero-order chi connectivity index (χ0) is 21.4. The Morgan fingerprint density at radius 1 is 1.28 bits per heavy atom. The molecule has 1 aromatic heterocycles. The first-order valence-corrected chi connectivity index (χ1v) is 9.18. The van der Waals surface area contributed by atoms with Crippen LogP contribution in [0.4, 0.5) is 0 Å². The predicted molar refractivity (Wildman–Crippen MR) is 102 cm³/mol. The maximum absolute atomic E-state index is 13.0. The number of amides is 3. The summed E-state index contributed by atoms with van der Waals surface area (Å²) in [6.45, 7) is 1.79. The van der Waals surface area contributed by atoms with Crippen LogP contribution in [0, 0.1) is 0 Å². The van der Waals surface area contributed by atoms with Gasteiger partial charge >= 0.3 is 5.97 Å². The molecule has 2 heterocycles. The number of rotatable bonds is 7. The molecule has 0 radical (unpaired) electrons. The molecule has 1 saturated heterocycles. The molecule has 1 aliphatic heterocycles. The Morgan fingerprint density at radius 2 is 2.03 bits per heavy atom. The van der Waals surface area contributed by atoms with Gasteiger partial charge in [-0.25, -0.2) is 4.79 Å². The maximum Gasteiger partial charge on any atom is 0.328 e. The second-order valence-electron chi connectivity index (χ2n) is 6.65. The summed E-state index contributed by atoms with van der Waals surface area (Å²) in [5, 5.41) is 2.66. The fourth-order valence-corrected chi connectivity index (χ4v) is 3.16. The average molecular weight is 406 g/mol. The van der Waals surface area contributed by atoms with Crippen LogP contribution < -0.4 is 5.32 Å². The van der Waals surface area contributed by atoms with Gasteiger partial charge in [-0.1, -0.05) is 6.07 Å². The Labute approximate surface area is 169 Å². The molecule has 0 aliphatic carbocycles. The summed E-state index contributed by atoms with van der Waals surface area (Å²) in [4.78, 5) is 56.2. The Balaban J connectivity index is 2.19. The van der Waals surface area contributed by atoms with Crippen molar-refractivity contribution in [1.82, 2.24) is 20.1 Å². The number of esters is 1. The van der Waals surface area contributed by atoms with Crippen LogP contribution >= 0.6 is 0 Å². The van der Waals surface area contributed by atoms with Gasteiger partial charge in [0.1, 0.15) is 18.7 Å². The highest BCUT2D eigenvalue weighted by atomic mass is 16.5. The molecule has 0 spiro atoms. The van der Waals surface area contributed by atoms with Gasteiger partial charge in [0, 0.05) is 45.9 Å².